The first kappa shape index (κ1) is 16.4. The van der Waals surface area contributed by atoms with Crippen LogP contribution in [0.25, 0.3) is 0 Å². The Morgan fingerprint density at radius 2 is 2.12 bits per heavy atom. The summed E-state index contributed by atoms with van der Waals surface area (Å²) in [6.45, 7) is 4.37. The highest BCUT2D eigenvalue weighted by atomic mass is 79.9. The highest BCUT2D eigenvalue weighted by Crippen LogP contribution is 2.17. The van der Waals surface area contributed by atoms with Crippen LogP contribution in [0, 0.1) is 13.8 Å². The summed E-state index contributed by atoms with van der Waals surface area (Å²) in [7, 11) is 1.84. The van der Waals surface area contributed by atoms with E-state index in [0.29, 0.717) is 12.1 Å². The first-order valence-electron chi connectivity index (χ1n) is 7.52. The van der Waals surface area contributed by atoms with E-state index >= 15 is 0 Å². The lowest BCUT2D eigenvalue weighted by atomic mass is 10.1. The molecule has 0 aliphatic heterocycles. The summed E-state index contributed by atoms with van der Waals surface area (Å²) >= 11 is 3.39. The van der Waals surface area contributed by atoms with E-state index in [1.807, 2.05) is 56.0 Å². The summed E-state index contributed by atoms with van der Waals surface area (Å²) in [5.74, 6) is -0.142. The van der Waals surface area contributed by atoms with E-state index in [0.717, 1.165) is 27.1 Å². The van der Waals surface area contributed by atoms with Gasteiger partial charge in [0.25, 0.3) is 5.91 Å². The number of aryl methyl sites for hydroxylation is 2. The Bertz CT molecular complexity index is 896. The van der Waals surface area contributed by atoms with Crippen molar-refractivity contribution in [2.75, 3.05) is 5.32 Å². The Kier molecular flexibility index (Phi) is 4.53. The first-order chi connectivity index (χ1) is 11.4. The van der Waals surface area contributed by atoms with Crippen molar-refractivity contribution in [3.05, 3.63) is 63.6 Å². The number of nitrogens with one attached hydrogen (secondary N) is 1. The second kappa shape index (κ2) is 6.60. The minimum atomic E-state index is -0.142. The molecule has 1 aromatic carbocycles. The molecule has 0 spiro atoms. The lowest BCUT2D eigenvalue weighted by Crippen LogP contribution is -2.14. The quantitative estimate of drug-likeness (QED) is 0.746. The number of hydrogen-bond donors (Lipinski definition) is 1. The molecular formula is C17H18BrN5O. The first-order valence-corrected chi connectivity index (χ1v) is 8.32. The van der Waals surface area contributed by atoms with Crippen LogP contribution in [0.4, 0.5) is 5.69 Å². The molecule has 1 N–H and O–H groups in total. The second-order valence-electron chi connectivity index (χ2n) is 5.68. The summed E-state index contributed by atoms with van der Waals surface area (Å²) in [5.41, 5.74) is 4.01. The van der Waals surface area contributed by atoms with Crippen LogP contribution >= 0.6 is 15.9 Å². The molecule has 0 fully saturated rings. The summed E-state index contributed by atoms with van der Waals surface area (Å²) in [6, 6.07) is 7.76. The van der Waals surface area contributed by atoms with Crippen molar-refractivity contribution in [2.24, 2.45) is 7.05 Å². The van der Waals surface area contributed by atoms with E-state index in [-0.39, 0.29) is 5.91 Å². The van der Waals surface area contributed by atoms with Gasteiger partial charge in [0.2, 0.25) is 0 Å². The predicted molar refractivity (Wildman–Crippen MR) is 96.1 cm³/mol. The molecule has 3 rings (SSSR count). The van der Waals surface area contributed by atoms with Crippen LogP contribution in [0.3, 0.4) is 0 Å². The number of carbonyl (C=O) groups excluding carboxylic acids is 1. The van der Waals surface area contributed by atoms with E-state index in [4.69, 9.17) is 0 Å². The lowest BCUT2D eigenvalue weighted by Gasteiger charge is -2.08. The van der Waals surface area contributed by atoms with Crippen molar-refractivity contribution in [1.29, 1.82) is 0 Å². The number of carbonyl (C=O) groups is 1. The van der Waals surface area contributed by atoms with Gasteiger partial charge in [0.15, 0.2) is 0 Å². The molecule has 0 atom stereocenters. The van der Waals surface area contributed by atoms with Gasteiger partial charge in [-0.3, -0.25) is 14.2 Å². The zero-order valence-corrected chi connectivity index (χ0v) is 15.3. The van der Waals surface area contributed by atoms with E-state index in [2.05, 4.69) is 31.4 Å². The zero-order valence-electron chi connectivity index (χ0n) is 13.7. The average Bonchev–Trinajstić information content (AvgIpc) is 3.03. The molecule has 0 radical (unpaired) electrons. The van der Waals surface area contributed by atoms with E-state index in [9.17, 15) is 4.79 Å². The largest absolute Gasteiger partial charge is 0.322 e. The predicted octanol–water partition coefficient (Wildman–Crippen LogP) is 3.30. The highest BCUT2D eigenvalue weighted by Gasteiger charge is 2.17. The van der Waals surface area contributed by atoms with Crippen molar-refractivity contribution in [2.45, 2.75) is 20.4 Å². The summed E-state index contributed by atoms with van der Waals surface area (Å²) in [6.07, 6.45) is 3.66. The Morgan fingerprint density at radius 3 is 2.75 bits per heavy atom. The number of benzene rings is 1. The normalized spacial score (nSPS) is 10.8. The minimum Gasteiger partial charge on any atom is -0.322 e. The van der Waals surface area contributed by atoms with Crippen LogP contribution in [-0.4, -0.2) is 25.5 Å². The molecule has 0 aliphatic carbocycles. The van der Waals surface area contributed by atoms with Gasteiger partial charge in [-0.05, 0) is 47.5 Å². The van der Waals surface area contributed by atoms with Crippen molar-refractivity contribution in [3.8, 4) is 0 Å². The molecule has 1 amide bonds. The molecule has 7 heteroatoms. The molecule has 3 aromatic rings. The lowest BCUT2D eigenvalue weighted by molar-refractivity contribution is 0.102. The van der Waals surface area contributed by atoms with Gasteiger partial charge >= 0.3 is 0 Å². The third kappa shape index (κ3) is 3.41. The van der Waals surface area contributed by atoms with Crippen LogP contribution in [0.1, 0.15) is 27.3 Å². The Balaban J connectivity index is 1.78. The molecule has 0 saturated carbocycles. The number of nitrogens with zero attached hydrogens (tertiary/aromatic N) is 4. The highest BCUT2D eigenvalue weighted by molar-refractivity contribution is 9.10. The van der Waals surface area contributed by atoms with E-state index < -0.39 is 0 Å². The van der Waals surface area contributed by atoms with Crippen LogP contribution in [0.5, 0.6) is 0 Å². The number of halogens is 1. The van der Waals surface area contributed by atoms with Gasteiger partial charge < -0.3 is 5.32 Å². The molecule has 0 saturated heterocycles. The average molecular weight is 388 g/mol. The number of anilines is 1. The third-order valence-corrected chi connectivity index (χ3v) is 4.28. The Labute approximate surface area is 148 Å². The van der Waals surface area contributed by atoms with Crippen LogP contribution < -0.4 is 5.32 Å². The maximum Gasteiger partial charge on any atom is 0.259 e. The Morgan fingerprint density at radius 1 is 1.33 bits per heavy atom. The molecule has 2 aromatic heterocycles. The topological polar surface area (TPSA) is 64.7 Å². The van der Waals surface area contributed by atoms with Gasteiger partial charge in [0, 0.05) is 24.6 Å². The van der Waals surface area contributed by atoms with Crippen molar-refractivity contribution in [3.63, 3.8) is 0 Å². The standard InChI is InChI=1S/C17H18BrN5O/c1-11-16(12(2)22(3)21-11)17(24)20-15-6-4-5-13(7-15)9-23-10-14(18)8-19-23/h4-8,10H,9H2,1-3H3,(H,20,24). The summed E-state index contributed by atoms with van der Waals surface area (Å²) < 4.78 is 4.49. The van der Waals surface area contributed by atoms with Gasteiger partial charge in [0.1, 0.15) is 0 Å². The smallest absolute Gasteiger partial charge is 0.259 e. The van der Waals surface area contributed by atoms with E-state index in [1.54, 1.807) is 10.9 Å². The molecule has 124 valence electrons. The van der Waals surface area contributed by atoms with Crippen molar-refractivity contribution >= 4 is 27.5 Å². The zero-order chi connectivity index (χ0) is 17.3. The minimum absolute atomic E-state index is 0.142. The van der Waals surface area contributed by atoms with Gasteiger partial charge in [-0.15, -0.1) is 0 Å². The molecule has 0 aliphatic rings. The second-order valence-corrected chi connectivity index (χ2v) is 6.60. The van der Waals surface area contributed by atoms with Gasteiger partial charge in [-0.2, -0.15) is 10.2 Å². The monoisotopic (exact) mass is 387 g/mol. The number of amides is 1. The number of hydrogen-bond acceptors (Lipinski definition) is 3. The van der Waals surface area contributed by atoms with Crippen LogP contribution in [-0.2, 0) is 13.6 Å². The molecule has 0 bridgehead atoms. The Hall–Kier alpha value is -2.41. The fourth-order valence-electron chi connectivity index (χ4n) is 2.66. The van der Waals surface area contributed by atoms with E-state index in [1.165, 1.54) is 0 Å². The fourth-order valence-corrected chi connectivity index (χ4v) is 2.98. The van der Waals surface area contributed by atoms with Crippen LogP contribution in [0.15, 0.2) is 41.1 Å². The number of rotatable bonds is 4. The molecule has 24 heavy (non-hydrogen) atoms. The molecule has 2 heterocycles. The van der Waals surface area contributed by atoms with Crippen LogP contribution in [0.2, 0.25) is 0 Å². The maximum atomic E-state index is 12.6. The summed E-state index contributed by atoms with van der Waals surface area (Å²) in [4.78, 5) is 12.6. The molecule has 0 unspecified atom stereocenters. The van der Waals surface area contributed by atoms with Gasteiger partial charge in [-0.25, -0.2) is 0 Å². The fraction of sp³-hybridized carbons (Fsp3) is 0.235. The molecular weight excluding hydrogens is 370 g/mol. The molecule has 6 nitrogen and oxygen atoms in total. The third-order valence-electron chi connectivity index (χ3n) is 3.87. The van der Waals surface area contributed by atoms with Crippen molar-refractivity contribution in [1.82, 2.24) is 19.6 Å². The maximum absolute atomic E-state index is 12.6. The SMILES string of the molecule is Cc1nn(C)c(C)c1C(=O)Nc1cccc(Cn2cc(Br)cn2)c1. The van der Waals surface area contributed by atoms with Crippen molar-refractivity contribution < 1.29 is 4.79 Å². The summed E-state index contributed by atoms with van der Waals surface area (Å²) in [5, 5.41) is 11.5. The van der Waals surface area contributed by atoms with Gasteiger partial charge in [-0.1, -0.05) is 12.1 Å². The number of aromatic nitrogens is 4. The van der Waals surface area contributed by atoms with Gasteiger partial charge in [0.05, 0.1) is 28.5 Å².